The van der Waals surface area contributed by atoms with Gasteiger partial charge in [-0.1, -0.05) is 6.07 Å². The topological polar surface area (TPSA) is 43.4 Å². The van der Waals surface area contributed by atoms with Gasteiger partial charge in [0.25, 0.3) is 0 Å². The van der Waals surface area contributed by atoms with Crippen LogP contribution in [0.5, 0.6) is 5.88 Å². The smallest absolute Gasteiger partial charge is 0.217 e. The summed E-state index contributed by atoms with van der Waals surface area (Å²) >= 11 is 0. The molecular weight excluding hydrogens is 240 g/mol. The molecule has 106 valence electrons. The Balaban J connectivity index is 1.91. The number of aromatic nitrogens is 1. The lowest BCUT2D eigenvalue weighted by Gasteiger charge is -2.21. The molecule has 0 saturated carbocycles. The second kappa shape index (κ2) is 6.35. The third-order valence-corrected chi connectivity index (χ3v) is 3.14. The van der Waals surface area contributed by atoms with Crippen molar-refractivity contribution in [2.45, 2.75) is 39.3 Å². The molecule has 4 heteroatoms. The molecule has 1 atom stereocenters. The summed E-state index contributed by atoms with van der Waals surface area (Å²) in [5.74, 6) is 1.25. The van der Waals surface area contributed by atoms with E-state index in [1.54, 1.807) is 6.20 Å². The lowest BCUT2D eigenvalue weighted by Crippen LogP contribution is -2.35. The minimum atomic E-state index is 0.0897. The minimum absolute atomic E-state index is 0.0897. The molecular formula is C15H24N2O2. The molecule has 0 amide bonds. The van der Waals surface area contributed by atoms with Crippen LogP contribution in [0.1, 0.15) is 32.8 Å². The van der Waals surface area contributed by atoms with Crippen LogP contribution in [-0.2, 0) is 11.3 Å². The Labute approximate surface area is 115 Å². The fraction of sp³-hybridized carbons (Fsp3) is 0.667. The van der Waals surface area contributed by atoms with Crippen LogP contribution in [0.3, 0.4) is 0 Å². The van der Waals surface area contributed by atoms with Gasteiger partial charge in [-0.05, 0) is 33.3 Å². The fourth-order valence-corrected chi connectivity index (χ4v) is 1.96. The van der Waals surface area contributed by atoms with E-state index in [2.05, 4.69) is 37.1 Å². The second-order valence-electron chi connectivity index (χ2n) is 6.11. The molecule has 1 aliphatic heterocycles. The summed E-state index contributed by atoms with van der Waals surface area (Å²) in [6, 6.07) is 4.01. The van der Waals surface area contributed by atoms with Gasteiger partial charge >= 0.3 is 0 Å². The highest BCUT2D eigenvalue weighted by molar-refractivity contribution is 5.25. The van der Waals surface area contributed by atoms with E-state index in [1.807, 2.05) is 6.07 Å². The Morgan fingerprint density at radius 2 is 2.32 bits per heavy atom. The molecule has 2 heterocycles. The number of pyridine rings is 1. The van der Waals surface area contributed by atoms with Crippen LogP contribution in [0, 0.1) is 5.92 Å². The maximum atomic E-state index is 5.86. The molecule has 4 nitrogen and oxygen atoms in total. The average molecular weight is 264 g/mol. The zero-order valence-corrected chi connectivity index (χ0v) is 12.1. The van der Waals surface area contributed by atoms with E-state index in [-0.39, 0.29) is 5.54 Å². The highest BCUT2D eigenvalue weighted by Gasteiger charge is 2.17. The Morgan fingerprint density at radius 1 is 1.47 bits per heavy atom. The quantitative estimate of drug-likeness (QED) is 0.887. The fourth-order valence-electron chi connectivity index (χ4n) is 1.96. The average Bonchev–Trinajstić information content (AvgIpc) is 2.87. The molecule has 1 N–H and O–H groups in total. The van der Waals surface area contributed by atoms with Crippen LogP contribution in [0.4, 0.5) is 0 Å². The summed E-state index contributed by atoms with van der Waals surface area (Å²) in [7, 11) is 0. The first kappa shape index (κ1) is 14.3. The second-order valence-corrected chi connectivity index (χ2v) is 6.11. The van der Waals surface area contributed by atoms with E-state index >= 15 is 0 Å². The van der Waals surface area contributed by atoms with Crippen LogP contribution in [-0.4, -0.2) is 30.3 Å². The van der Waals surface area contributed by atoms with Crippen LogP contribution in [0.2, 0.25) is 0 Å². The van der Waals surface area contributed by atoms with Crippen LogP contribution in [0.25, 0.3) is 0 Å². The molecule has 1 aromatic rings. The van der Waals surface area contributed by atoms with Crippen molar-refractivity contribution in [2.75, 3.05) is 19.8 Å². The first-order valence-corrected chi connectivity index (χ1v) is 6.94. The minimum Gasteiger partial charge on any atom is -0.477 e. The van der Waals surface area contributed by atoms with Gasteiger partial charge in [0.15, 0.2) is 0 Å². The summed E-state index contributed by atoms with van der Waals surface area (Å²) in [4.78, 5) is 4.34. The van der Waals surface area contributed by atoms with E-state index in [1.165, 1.54) is 0 Å². The van der Waals surface area contributed by atoms with E-state index in [0.717, 1.165) is 37.6 Å². The third-order valence-electron chi connectivity index (χ3n) is 3.14. The van der Waals surface area contributed by atoms with Crippen molar-refractivity contribution in [3.63, 3.8) is 0 Å². The number of hydrogen-bond acceptors (Lipinski definition) is 4. The summed E-state index contributed by atoms with van der Waals surface area (Å²) in [6.45, 7) is 9.59. The van der Waals surface area contributed by atoms with Crippen molar-refractivity contribution in [3.8, 4) is 5.88 Å². The van der Waals surface area contributed by atoms with Gasteiger partial charge in [0.1, 0.15) is 0 Å². The SMILES string of the molecule is CC(C)(C)NCc1cccnc1OCC1CCOC1. The number of nitrogens with zero attached hydrogens (tertiary/aromatic N) is 1. The Morgan fingerprint density at radius 3 is 3.00 bits per heavy atom. The largest absolute Gasteiger partial charge is 0.477 e. The maximum absolute atomic E-state index is 5.86. The van der Waals surface area contributed by atoms with Crippen molar-refractivity contribution in [1.29, 1.82) is 0 Å². The van der Waals surface area contributed by atoms with Crippen molar-refractivity contribution in [2.24, 2.45) is 5.92 Å². The molecule has 19 heavy (non-hydrogen) atoms. The predicted molar refractivity (Wildman–Crippen MR) is 75.3 cm³/mol. The van der Waals surface area contributed by atoms with E-state index in [4.69, 9.17) is 9.47 Å². The lowest BCUT2D eigenvalue weighted by atomic mass is 10.1. The van der Waals surface area contributed by atoms with E-state index in [0.29, 0.717) is 12.5 Å². The Bertz CT molecular complexity index is 395. The third kappa shape index (κ3) is 4.80. The van der Waals surface area contributed by atoms with Gasteiger partial charge in [0, 0.05) is 36.4 Å². The van der Waals surface area contributed by atoms with E-state index in [9.17, 15) is 0 Å². The summed E-state index contributed by atoms with van der Waals surface area (Å²) in [5, 5.41) is 3.46. The van der Waals surface area contributed by atoms with Crippen molar-refractivity contribution in [3.05, 3.63) is 23.9 Å². The molecule has 0 bridgehead atoms. The number of hydrogen-bond donors (Lipinski definition) is 1. The van der Waals surface area contributed by atoms with Crippen molar-refractivity contribution in [1.82, 2.24) is 10.3 Å². The van der Waals surface area contributed by atoms with Gasteiger partial charge in [-0.3, -0.25) is 0 Å². The normalized spacial score (nSPS) is 19.6. The summed E-state index contributed by atoms with van der Waals surface area (Å²) in [6.07, 6.45) is 2.86. The molecule has 1 saturated heterocycles. The van der Waals surface area contributed by atoms with Gasteiger partial charge in [0.05, 0.1) is 13.2 Å². The summed E-state index contributed by atoms with van der Waals surface area (Å²) in [5.41, 5.74) is 1.20. The predicted octanol–water partition coefficient (Wildman–Crippen LogP) is 2.39. The van der Waals surface area contributed by atoms with Crippen molar-refractivity contribution >= 4 is 0 Å². The monoisotopic (exact) mass is 264 g/mol. The zero-order chi connectivity index (χ0) is 13.7. The van der Waals surface area contributed by atoms with Crippen LogP contribution >= 0.6 is 0 Å². The van der Waals surface area contributed by atoms with Gasteiger partial charge < -0.3 is 14.8 Å². The molecule has 0 aromatic carbocycles. The number of rotatable bonds is 5. The van der Waals surface area contributed by atoms with Gasteiger partial charge in [-0.25, -0.2) is 4.98 Å². The summed E-state index contributed by atoms with van der Waals surface area (Å²) < 4.78 is 11.2. The first-order valence-electron chi connectivity index (χ1n) is 6.94. The highest BCUT2D eigenvalue weighted by Crippen LogP contribution is 2.18. The van der Waals surface area contributed by atoms with Crippen LogP contribution in [0.15, 0.2) is 18.3 Å². The van der Waals surface area contributed by atoms with Crippen LogP contribution < -0.4 is 10.1 Å². The maximum Gasteiger partial charge on any atom is 0.217 e. The Hall–Kier alpha value is -1.13. The van der Waals surface area contributed by atoms with Gasteiger partial charge in [-0.2, -0.15) is 0 Å². The van der Waals surface area contributed by atoms with Gasteiger partial charge in [-0.15, -0.1) is 0 Å². The first-order chi connectivity index (χ1) is 9.04. The molecule has 2 rings (SSSR count). The lowest BCUT2D eigenvalue weighted by molar-refractivity contribution is 0.165. The molecule has 1 aromatic heterocycles. The number of ether oxygens (including phenoxy) is 2. The standard InChI is InChI=1S/C15H24N2O2/c1-15(2,3)17-9-13-5-4-7-16-14(13)19-11-12-6-8-18-10-12/h4-5,7,12,17H,6,8-11H2,1-3H3. The zero-order valence-electron chi connectivity index (χ0n) is 12.1. The number of nitrogens with one attached hydrogen (secondary N) is 1. The molecule has 1 unspecified atom stereocenters. The molecule has 0 aliphatic carbocycles. The molecule has 0 spiro atoms. The van der Waals surface area contributed by atoms with Gasteiger partial charge in [0.2, 0.25) is 5.88 Å². The van der Waals surface area contributed by atoms with Crippen molar-refractivity contribution < 1.29 is 9.47 Å². The van der Waals surface area contributed by atoms with E-state index < -0.39 is 0 Å². The molecule has 0 radical (unpaired) electrons. The molecule has 1 fully saturated rings. The highest BCUT2D eigenvalue weighted by atomic mass is 16.5. The Kier molecular flexibility index (Phi) is 4.77. The molecule has 1 aliphatic rings.